The molecule has 0 amide bonds. The minimum atomic E-state index is -3.35. The third-order valence-electron chi connectivity index (χ3n) is 3.91. The molecule has 12 heteroatoms. The Kier molecular flexibility index (Phi) is 10.3. The second-order valence-corrected chi connectivity index (χ2v) is 7.73. The van der Waals surface area contributed by atoms with Crippen LogP contribution in [0, 0.1) is 0 Å². The Hall–Kier alpha value is -0.990. The molecule has 0 aromatic carbocycles. The second-order valence-electron chi connectivity index (χ2n) is 5.81. The van der Waals surface area contributed by atoms with Crippen LogP contribution in [0.3, 0.4) is 0 Å². The van der Waals surface area contributed by atoms with E-state index in [2.05, 4.69) is 30.4 Å². The van der Waals surface area contributed by atoms with Gasteiger partial charge in [0.15, 0.2) is 5.96 Å². The first kappa shape index (κ1) is 23.0. The quantitative estimate of drug-likeness (QED) is 0.252. The summed E-state index contributed by atoms with van der Waals surface area (Å²) >= 11 is 0. The Labute approximate surface area is 171 Å². The number of sulfonamides is 1. The average molecular weight is 501 g/mol. The van der Waals surface area contributed by atoms with E-state index in [0.717, 1.165) is 25.1 Å². The fourth-order valence-electron chi connectivity index (χ4n) is 2.43. The van der Waals surface area contributed by atoms with Crippen molar-refractivity contribution in [2.45, 2.75) is 31.9 Å². The maximum atomic E-state index is 12.0. The lowest BCUT2D eigenvalue weighted by molar-refractivity contribution is 0.0200. The number of hydrogen-bond donors (Lipinski definition) is 3. The molecule has 3 N–H and O–H groups in total. The summed E-state index contributed by atoms with van der Waals surface area (Å²) in [6, 6.07) is 0. The number of nitrogens with zero attached hydrogens (tertiary/aromatic N) is 4. The molecular formula is C14H28IN7O3S. The standard InChI is InChI=1S/C14H27N7O3S.HI/c1-15-14(17-10-13-18-11-19-21(13)2)16-6-8-25(22,23)20-9-12-5-3-4-7-24-12;/h11-12,20H,3-10H2,1-2H3,(H2,15,16,17);1H. The predicted octanol–water partition coefficient (Wildman–Crippen LogP) is -0.413. The Bertz CT molecular complexity index is 659. The molecule has 2 rings (SSSR count). The van der Waals surface area contributed by atoms with Crippen LogP contribution in [0.1, 0.15) is 25.1 Å². The molecular weight excluding hydrogens is 473 g/mol. The molecule has 0 bridgehead atoms. The highest BCUT2D eigenvalue weighted by atomic mass is 127. The van der Waals surface area contributed by atoms with E-state index in [4.69, 9.17) is 4.74 Å². The molecule has 0 aliphatic carbocycles. The molecule has 26 heavy (non-hydrogen) atoms. The van der Waals surface area contributed by atoms with Gasteiger partial charge in [0, 0.05) is 33.8 Å². The van der Waals surface area contributed by atoms with Crippen molar-refractivity contribution >= 4 is 40.0 Å². The lowest BCUT2D eigenvalue weighted by Crippen LogP contribution is -2.42. The summed E-state index contributed by atoms with van der Waals surface area (Å²) in [5, 5.41) is 10.0. The van der Waals surface area contributed by atoms with Crippen LogP contribution >= 0.6 is 24.0 Å². The molecule has 10 nitrogen and oxygen atoms in total. The summed E-state index contributed by atoms with van der Waals surface area (Å²) in [5.41, 5.74) is 0. The highest BCUT2D eigenvalue weighted by Crippen LogP contribution is 2.11. The van der Waals surface area contributed by atoms with Crippen molar-refractivity contribution in [2.75, 3.05) is 32.5 Å². The number of rotatable bonds is 8. The Morgan fingerprint density at radius 1 is 1.42 bits per heavy atom. The molecule has 0 spiro atoms. The Morgan fingerprint density at radius 2 is 2.23 bits per heavy atom. The third-order valence-corrected chi connectivity index (χ3v) is 5.26. The van der Waals surface area contributed by atoms with Gasteiger partial charge < -0.3 is 15.4 Å². The zero-order valence-electron chi connectivity index (χ0n) is 15.1. The number of aliphatic imine (C=N–C) groups is 1. The van der Waals surface area contributed by atoms with Gasteiger partial charge in [0.2, 0.25) is 10.0 Å². The SMILES string of the molecule is CN=C(NCCS(=O)(=O)NCC1CCCCO1)NCc1ncnn1C.I. The first-order chi connectivity index (χ1) is 12.0. The average Bonchev–Trinajstić information content (AvgIpc) is 3.02. The van der Waals surface area contributed by atoms with Gasteiger partial charge >= 0.3 is 0 Å². The second kappa shape index (κ2) is 11.7. The van der Waals surface area contributed by atoms with E-state index < -0.39 is 10.0 Å². The number of guanidine groups is 1. The van der Waals surface area contributed by atoms with Crippen molar-refractivity contribution in [3.05, 3.63) is 12.2 Å². The first-order valence-electron chi connectivity index (χ1n) is 8.36. The van der Waals surface area contributed by atoms with E-state index in [1.54, 1.807) is 18.8 Å². The van der Waals surface area contributed by atoms with Gasteiger partial charge in [-0.3, -0.25) is 9.67 Å². The summed E-state index contributed by atoms with van der Waals surface area (Å²) in [4.78, 5) is 8.16. The van der Waals surface area contributed by atoms with Crippen LogP contribution in [0.5, 0.6) is 0 Å². The number of nitrogens with one attached hydrogen (secondary N) is 3. The minimum absolute atomic E-state index is 0. The molecule has 1 aliphatic rings. The zero-order chi connectivity index (χ0) is 18.1. The summed E-state index contributed by atoms with van der Waals surface area (Å²) in [5.74, 6) is 1.23. The van der Waals surface area contributed by atoms with Crippen molar-refractivity contribution in [3.63, 3.8) is 0 Å². The van der Waals surface area contributed by atoms with Crippen molar-refractivity contribution < 1.29 is 13.2 Å². The lowest BCUT2D eigenvalue weighted by Gasteiger charge is -2.22. The topological polar surface area (TPSA) is 123 Å². The number of aryl methyl sites for hydroxylation is 1. The molecule has 0 radical (unpaired) electrons. The van der Waals surface area contributed by atoms with Gasteiger partial charge in [0.1, 0.15) is 12.2 Å². The summed E-state index contributed by atoms with van der Waals surface area (Å²) in [7, 11) is 0.0728. The number of ether oxygens (including phenoxy) is 1. The van der Waals surface area contributed by atoms with Crippen LogP contribution in [-0.4, -0.2) is 67.7 Å². The molecule has 1 aromatic heterocycles. The van der Waals surface area contributed by atoms with E-state index in [1.807, 2.05) is 0 Å². The van der Waals surface area contributed by atoms with E-state index in [0.29, 0.717) is 25.7 Å². The van der Waals surface area contributed by atoms with Crippen molar-refractivity contribution in [3.8, 4) is 0 Å². The minimum Gasteiger partial charge on any atom is -0.377 e. The summed E-state index contributed by atoms with van der Waals surface area (Å²) in [6.07, 6.45) is 4.49. The van der Waals surface area contributed by atoms with E-state index in [-0.39, 0.29) is 42.4 Å². The van der Waals surface area contributed by atoms with Crippen molar-refractivity contribution in [1.82, 2.24) is 30.1 Å². The van der Waals surface area contributed by atoms with Gasteiger partial charge in [-0.25, -0.2) is 18.1 Å². The smallest absolute Gasteiger partial charge is 0.213 e. The highest BCUT2D eigenvalue weighted by Gasteiger charge is 2.17. The number of aromatic nitrogens is 3. The van der Waals surface area contributed by atoms with E-state index in [1.165, 1.54) is 6.33 Å². The van der Waals surface area contributed by atoms with Crippen LogP contribution < -0.4 is 15.4 Å². The van der Waals surface area contributed by atoms with Gasteiger partial charge in [-0.2, -0.15) is 5.10 Å². The molecule has 1 atom stereocenters. The Balaban J connectivity index is 0.00000338. The highest BCUT2D eigenvalue weighted by molar-refractivity contribution is 14.0. The fraction of sp³-hybridized carbons (Fsp3) is 0.786. The molecule has 1 saturated heterocycles. The summed E-state index contributed by atoms with van der Waals surface area (Å²) in [6.45, 7) is 1.74. The largest absolute Gasteiger partial charge is 0.377 e. The molecule has 1 aromatic rings. The monoisotopic (exact) mass is 501 g/mol. The number of hydrogen-bond acceptors (Lipinski definition) is 6. The molecule has 1 unspecified atom stereocenters. The third kappa shape index (κ3) is 8.14. The van der Waals surface area contributed by atoms with Gasteiger partial charge in [-0.1, -0.05) is 0 Å². The van der Waals surface area contributed by atoms with Gasteiger partial charge in [-0.15, -0.1) is 24.0 Å². The van der Waals surface area contributed by atoms with E-state index in [9.17, 15) is 8.42 Å². The van der Waals surface area contributed by atoms with Crippen LogP contribution in [0.15, 0.2) is 11.3 Å². The van der Waals surface area contributed by atoms with Crippen LogP contribution in [0.2, 0.25) is 0 Å². The van der Waals surface area contributed by atoms with Crippen LogP contribution in [-0.2, 0) is 28.4 Å². The maximum Gasteiger partial charge on any atom is 0.213 e. The van der Waals surface area contributed by atoms with Gasteiger partial charge in [0.25, 0.3) is 0 Å². The number of halogens is 1. The van der Waals surface area contributed by atoms with E-state index >= 15 is 0 Å². The van der Waals surface area contributed by atoms with Crippen molar-refractivity contribution in [2.24, 2.45) is 12.0 Å². The molecule has 2 heterocycles. The van der Waals surface area contributed by atoms with Crippen molar-refractivity contribution in [1.29, 1.82) is 0 Å². The van der Waals surface area contributed by atoms with Gasteiger partial charge in [-0.05, 0) is 19.3 Å². The lowest BCUT2D eigenvalue weighted by atomic mass is 10.1. The van der Waals surface area contributed by atoms with Crippen LogP contribution in [0.25, 0.3) is 0 Å². The first-order valence-corrected chi connectivity index (χ1v) is 10.0. The molecule has 1 aliphatic heterocycles. The molecule has 1 fully saturated rings. The predicted molar refractivity (Wildman–Crippen MR) is 110 cm³/mol. The van der Waals surface area contributed by atoms with Crippen LogP contribution in [0.4, 0.5) is 0 Å². The Morgan fingerprint density at radius 3 is 2.85 bits per heavy atom. The van der Waals surface area contributed by atoms with Gasteiger partial charge in [0.05, 0.1) is 18.4 Å². The maximum absolute atomic E-state index is 12.0. The normalized spacial score (nSPS) is 18.2. The molecule has 0 saturated carbocycles. The zero-order valence-corrected chi connectivity index (χ0v) is 18.3. The summed E-state index contributed by atoms with van der Waals surface area (Å²) < 4.78 is 33.9. The fourth-order valence-corrected chi connectivity index (χ4v) is 3.38. The molecule has 150 valence electrons.